The molecule has 1 aliphatic heterocycles. The third-order valence-corrected chi connectivity index (χ3v) is 6.60. The molecule has 3 aromatic rings. The zero-order valence-electron chi connectivity index (χ0n) is 16.4. The number of alkyl halides is 4. The van der Waals surface area contributed by atoms with Gasteiger partial charge in [-0.15, -0.1) is 15.7 Å². The molecule has 13 heteroatoms. The predicted octanol–water partition coefficient (Wildman–Crippen LogP) is 4.10. The molecule has 170 valence electrons. The van der Waals surface area contributed by atoms with Crippen molar-refractivity contribution in [3.63, 3.8) is 0 Å². The summed E-state index contributed by atoms with van der Waals surface area (Å²) in [5.74, 6) is -0.892. The maximum absolute atomic E-state index is 13.5. The van der Waals surface area contributed by atoms with Gasteiger partial charge in [0.1, 0.15) is 5.75 Å². The first kappa shape index (κ1) is 22.1. The predicted molar refractivity (Wildman–Crippen MR) is 105 cm³/mol. The largest absolute Gasteiger partial charge is 0.507 e. The van der Waals surface area contributed by atoms with E-state index in [2.05, 4.69) is 13.9 Å². The maximum Gasteiger partial charge on any atom is 0.507 e. The van der Waals surface area contributed by atoms with E-state index in [0.29, 0.717) is 10.6 Å². The Hall–Kier alpha value is -3.06. The number of ether oxygens (including phenoxy) is 3. The lowest BCUT2D eigenvalue weighted by Crippen LogP contribution is -2.52. The quantitative estimate of drug-likeness (QED) is 0.515. The van der Waals surface area contributed by atoms with Gasteiger partial charge in [-0.2, -0.15) is 26.0 Å². The average Bonchev–Trinajstić information content (AvgIpc) is 3.07. The van der Waals surface area contributed by atoms with Gasteiger partial charge in [0, 0.05) is 23.2 Å². The van der Waals surface area contributed by atoms with Crippen molar-refractivity contribution in [2.24, 2.45) is 4.40 Å². The molecule has 0 saturated carbocycles. The van der Waals surface area contributed by atoms with Crippen molar-refractivity contribution in [2.45, 2.75) is 24.0 Å². The second kappa shape index (κ2) is 7.52. The summed E-state index contributed by atoms with van der Waals surface area (Å²) < 4.78 is 97.8. The topological polar surface area (TPSA) is 79.1 Å². The normalized spacial score (nSPS) is 17.2. The van der Waals surface area contributed by atoms with Crippen molar-refractivity contribution in [1.29, 1.82) is 0 Å². The van der Waals surface area contributed by atoms with E-state index in [-0.39, 0.29) is 15.4 Å². The highest BCUT2D eigenvalue weighted by molar-refractivity contribution is 7.90. The zero-order chi connectivity index (χ0) is 23.3. The summed E-state index contributed by atoms with van der Waals surface area (Å²) in [7, 11) is -2.77. The average molecular weight is 490 g/mol. The minimum atomic E-state index is -4.88. The number of hydrogen-bond acceptors (Lipinski definition) is 6. The SMILES string of the molecule is COc1cccc(S(=O)(=O)/N=c2\sc(C)cn2-c2ccc3c(c2)OC(F)(F)C(F)(F)O3)c1. The summed E-state index contributed by atoms with van der Waals surface area (Å²) in [6.07, 6.45) is -8.20. The molecule has 0 saturated heterocycles. The second-order valence-corrected chi connectivity index (χ2v) is 9.43. The maximum atomic E-state index is 13.5. The number of halogens is 4. The number of rotatable bonds is 4. The van der Waals surface area contributed by atoms with Crippen molar-refractivity contribution >= 4 is 21.4 Å². The summed E-state index contributed by atoms with van der Waals surface area (Å²) >= 11 is 1.02. The first-order chi connectivity index (χ1) is 14.9. The van der Waals surface area contributed by atoms with Crippen LogP contribution in [-0.2, 0) is 10.0 Å². The van der Waals surface area contributed by atoms with Crippen LogP contribution in [0.4, 0.5) is 17.6 Å². The van der Waals surface area contributed by atoms with Crippen LogP contribution in [0.25, 0.3) is 5.69 Å². The number of aryl methyl sites for hydroxylation is 1. The molecule has 0 radical (unpaired) electrons. The van der Waals surface area contributed by atoms with Crippen LogP contribution in [-0.4, -0.2) is 32.3 Å². The Morgan fingerprint density at radius 1 is 1.03 bits per heavy atom. The third-order valence-electron chi connectivity index (χ3n) is 4.33. The molecule has 0 atom stereocenters. The third kappa shape index (κ3) is 3.93. The van der Waals surface area contributed by atoms with Crippen LogP contribution < -0.4 is 19.0 Å². The second-order valence-electron chi connectivity index (χ2n) is 6.61. The molecule has 1 aromatic heterocycles. The molecule has 0 spiro atoms. The number of methoxy groups -OCH3 is 1. The van der Waals surface area contributed by atoms with Gasteiger partial charge in [0.2, 0.25) is 4.80 Å². The molecule has 0 aliphatic carbocycles. The zero-order valence-corrected chi connectivity index (χ0v) is 18.0. The van der Waals surface area contributed by atoms with E-state index in [0.717, 1.165) is 23.5 Å². The summed E-state index contributed by atoms with van der Waals surface area (Å²) in [4.78, 5) is 0.536. The Labute approximate surface area is 183 Å². The highest BCUT2D eigenvalue weighted by Gasteiger charge is 2.65. The summed E-state index contributed by atoms with van der Waals surface area (Å²) in [6, 6.07) is 9.05. The molecule has 2 heterocycles. The van der Waals surface area contributed by atoms with Crippen LogP contribution in [0.1, 0.15) is 4.88 Å². The molecule has 32 heavy (non-hydrogen) atoms. The Balaban J connectivity index is 1.80. The van der Waals surface area contributed by atoms with E-state index in [1.54, 1.807) is 13.0 Å². The van der Waals surface area contributed by atoms with Crippen LogP contribution in [0.2, 0.25) is 0 Å². The molecule has 0 fully saturated rings. The van der Waals surface area contributed by atoms with Gasteiger partial charge in [0.15, 0.2) is 11.5 Å². The Bertz CT molecular complexity index is 1370. The fourth-order valence-corrected chi connectivity index (χ4v) is 4.89. The number of aromatic nitrogens is 1. The molecular formula is C19H14F4N2O5S2. The summed E-state index contributed by atoms with van der Waals surface area (Å²) in [5.41, 5.74) is 0.150. The molecule has 0 amide bonds. The fourth-order valence-electron chi connectivity index (χ4n) is 2.83. The van der Waals surface area contributed by atoms with E-state index in [9.17, 15) is 26.0 Å². The van der Waals surface area contributed by atoms with Crippen molar-refractivity contribution in [3.05, 3.63) is 58.3 Å². The van der Waals surface area contributed by atoms with Gasteiger partial charge in [-0.25, -0.2) is 0 Å². The van der Waals surface area contributed by atoms with Gasteiger partial charge in [0.05, 0.1) is 17.7 Å². The van der Waals surface area contributed by atoms with Crippen molar-refractivity contribution in [1.82, 2.24) is 4.57 Å². The Morgan fingerprint density at radius 3 is 2.41 bits per heavy atom. The van der Waals surface area contributed by atoms with E-state index in [4.69, 9.17) is 4.74 Å². The summed E-state index contributed by atoms with van der Waals surface area (Å²) in [6.45, 7) is 1.69. The molecule has 0 bridgehead atoms. The van der Waals surface area contributed by atoms with Gasteiger partial charge in [-0.1, -0.05) is 6.07 Å². The molecule has 4 rings (SSSR count). The van der Waals surface area contributed by atoms with Crippen LogP contribution in [0.15, 0.2) is 58.0 Å². The molecule has 7 nitrogen and oxygen atoms in total. The molecule has 2 aromatic carbocycles. The molecular weight excluding hydrogens is 476 g/mol. The first-order valence-electron chi connectivity index (χ1n) is 8.84. The Kier molecular flexibility index (Phi) is 5.20. The first-order valence-corrected chi connectivity index (χ1v) is 11.1. The van der Waals surface area contributed by atoms with Crippen LogP contribution >= 0.6 is 11.3 Å². The highest BCUT2D eigenvalue weighted by atomic mass is 32.2. The lowest BCUT2D eigenvalue weighted by Gasteiger charge is -2.31. The number of sulfonamides is 1. The van der Waals surface area contributed by atoms with Crippen LogP contribution in [0.5, 0.6) is 17.2 Å². The van der Waals surface area contributed by atoms with Gasteiger partial charge in [-0.05, 0) is 31.2 Å². The van der Waals surface area contributed by atoms with Crippen LogP contribution in [0, 0.1) is 6.92 Å². The number of thiazole rings is 1. The number of fused-ring (bicyclic) bond motifs is 1. The smallest absolute Gasteiger partial charge is 0.497 e. The standard InChI is InChI=1S/C19H14F4N2O5S2/c1-11-10-25(12-6-7-15-16(8-12)30-19(22,23)18(20,21)29-15)17(31-11)24-32(26,27)14-5-3-4-13(9-14)28-2/h3-10H,1-2H3/b24-17-. The monoisotopic (exact) mass is 490 g/mol. The van der Waals surface area contributed by atoms with Gasteiger partial charge < -0.3 is 14.2 Å². The number of benzene rings is 2. The van der Waals surface area contributed by atoms with E-state index < -0.39 is 33.7 Å². The van der Waals surface area contributed by atoms with Crippen molar-refractivity contribution in [3.8, 4) is 22.9 Å². The van der Waals surface area contributed by atoms with E-state index in [1.165, 1.54) is 42.1 Å². The molecule has 0 N–H and O–H groups in total. The van der Waals surface area contributed by atoms with E-state index in [1.807, 2.05) is 0 Å². The summed E-state index contributed by atoms with van der Waals surface area (Å²) in [5, 5.41) is 0. The highest BCUT2D eigenvalue weighted by Crippen LogP contribution is 2.47. The van der Waals surface area contributed by atoms with Crippen molar-refractivity contribution in [2.75, 3.05) is 7.11 Å². The van der Waals surface area contributed by atoms with Crippen LogP contribution in [0.3, 0.4) is 0 Å². The minimum absolute atomic E-state index is 0.000845. The fraction of sp³-hybridized carbons (Fsp3) is 0.211. The van der Waals surface area contributed by atoms with E-state index >= 15 is 0 Å². The molecule has 0 unspecified atom stereocenters. The minimum Gasteiger partial charge on any atom is -0.497 e. The van der Waals surface area contributed by atoms with Gasteiger partial charge in [-0.3, -0.25) is 4.57 Å². The molecule has 1 aliphatic rings. The lowest BCUT2D eigenvalue weighted by atomic mass is 10.2. The van der Waals surface area contributed by atoms with Crippen molar-refractivity contribution < 1.29 is 40.2 Å². The van der Waals surface area contributed by atoms with Gasteiger partial charge >= 0.3 is 12.2 Å². The number of nitrogens with zero attached hydrogens (tertiary/aromatic N) is 2. The Morgan fingerprint density at radius 2 is 1.72 bits per heavy atom. The lowest BCUT2D eigenvalue weighted by molar-refractivity contribution is -0.391. The number of hydrogen-bond donors (Lipinski definition) is 0. The van der Waals surface area contributed by atoms with Gasteiger partial charge in [0.25, 0.3) is 10.0 Å².